The smallest absolute Gasteiger partial charge is 0.407 e. The summed E-state index contributed by atoms with van der Waals surface area (Å²) >= 11 is 0.812. The molecule has 0 saturated carbocycles. The molecule has 3 rings (SSSR count). The molecule has 0 atom stereocenters. The van der Waals surface area contributed by atoms with Gasteiger partial charge in [0.2, 0.25) is 9.84 Å². The van der Waals surface area contributed by atoms with E-state index in [2.05, 4.69) is 10.1 Å². The lowest BCUT2D eigenvalue weighted by molar-refractivity contribution is 0.153. The third kappa shape index (κ3) is 3.69. The van der Waals surface area contributed by atoms with E-state index in [1.54, 1.807) is 13.1 Å². The maximum atomic E-state index is 14.3. The fourth-order valence-corrected chi connectivity index (χ4v) is 5.32. The lowest BCUT2D eigenvalue weighted by Crippen LogP contribution is -2.23. The summed E-state index contributed by atoms with van der Waals surface area (Å²) in [5, 5.41) is 13.1. The van der Waals surface area contributed by atoms with Crippen LogP contribution in [0.4, 0.5) is 9.18 Å². The molecule has 8 nitrogen and oxygen atoms in total. The number of amides is 1. The number of hydrogen-bond acceptors (Lipinski definition) is 6. The Bertz CT molecular complexity index is 1110. The monoisotopic (exact) mass is 410 g/mol. The number of rotatable bonds is 5. The van der Waals surface area contributed by atoms with Crippen LogP contribution in [-0.2, 0) is 23.4 Å². The molecule has 11 heteroatoms. The van der Waals surface area contributed by atoms with E-state index in [9.17, 15) is 17.6 Å². The Morgan fingerprint density at radius 3 is 2.67 bits per heavy atom. The van der Waals surface area contributed by atoms with Crippen LogP contribution in [0.5, 0.6) is 0 Å². The number of halogens is 1. The van der Waals surface area contributed by atoms with Crippen molar-refractivity contribution in [3.63, 3.8) is 0 Å². The minimum Gasteiger partial charge on any atom is -0.465 e. The fourth-order valence-electron chi connectivity index (χ4n) is 2.34. The zero-order valence-electron chi connectivity index (χ0n) is 14.3. The summed E-state index contributed by atoms with van der Waals surface area (Å²) in [6.07, 6.45) is 1.35. The number of thiazole rings is 1. The van der Waals surface area contributed by atoms with Crippen molar-refractivity contribution in [2.24, 2.45) is 7.05 Å². The number of aryl methyl sites for hydroxylation is 1. The van der Waals surface area contributed by atoms with Crippen LogP contribution in [-0.4, -0.2) is 46.3 Å². The van der Waals surface area contributed by atoms with E-state index in [0.29, 0.717) is 0 Å². The predicted molar refractivity (Wildman–Crippen MR) is 95.7 cm³/mol. The molecule has 0 bridgehead atoms. The molecule has 0 aliphatic rings. The Morgan fingerprint density at radius 1 is 1.37 bits per heavy atom. The second-order valence-corrected chi connectivity index (χ2v) is 8.94. The molecule has 0 aliphatic carbocycles. The molecule has 1 aromatic carbocycles. The highest BCUT2D eigenvalue weighted by atomic mass is 32.2. The van der Waals surface area contributed by atoms with Crippen LogP contribution < -0.4 is 0 Å². The summed E-state index contributed by atoms with van der Waals surface area (Å²) in [4.78, 5) is 16.2. The molecule has 0 spiro atoms. The van der Waals surface area contributed by atoms with Crippen molar-refractivity contribution in [2.75, 3.05) is 7.05 Å². The molecule has 27 heavy (non-hydrogen) atoms. The highest BCUT2D eigenvalue weighted by Gasteiger charge is 2.29. The van der Waals surface area contributed by atoms with Crippen molar-refractivity contribution in [2.45, 2.75) is 15.6 Å². The largest absolute Gasteiger partial charge is 0.465 e. The maximum Gasteiger partial charge on any atom is 0.407 e. The molecule has 142 valence electrons. The molecular weight excluding hydrogens is 395 g/mol. The lowest BCUT2D eigenvalue weighted by Gasteiger charge is -2.09. The van der Waals surface area contributed by atoms with E-state index >= 15 is 0 Å². The number of benzene rings is 1. The minimum atomic E-state index is -4.01. The number of carboxylic acid groups (broad SMARTS) is 1. The van der Waals surface area contributed by atoms with E-state index < -0.39 is 21.7 Å². The van der Waals surface area contributed by atoms with Crippen LogP contribution in [0, 0.1) is 5.82 Å². The Morgan fingerprint density at radius 2 is 2.07 bits per heavy atom. The van der Waals surface area contributed by atoms with Crippen molar-refractivity contribution in [3.8, 4) is 11.3 Å². The summed E-state index contributed by atoms with van der Waals surface area (Å²) in [7, 11) is -1.09. The van der Waals surface area contributed by atoms with E-state index in [-0.39, 0.29) is 31.9 Å². The number of nitrogens with zero attached hydrogens (tertiary/aromatic N) is 4. The predicted octanol–water partition coefficient (Wildman–Crippen LogP) is 2.63. The van der Waals surface area contributed by atoms with Gasteiger partial charge in [-0.25, -0.2) is 22.6 Å². The minimum absolute atomic E-state index is 0.0282. The molecule has 2 aromatic heterocycles. The summed E-state index contributed by atoms with van der Waals surface area (Å²) in [6.45, 7) is -0.121. The van der Waals surface area contributed by atoms with Crippen molar-refractivity contribution in [3.05, 3.63) is 47.5 Å². The van der Waals surface area contributed by atoms with Crippen molar-refractivity contribution in [1.29, 1.82) is 0 Å². The number of carbonyl (C=O) groups is 1. The first kappa shape index (κ1) is 19.0. The van der Waals surface area contributed by atoms with Crippen LogP contribution in [0.1, 0.15) is 5.01 Å². The molecule has 0 fully saturated rings. The lowest BCUT2D eigenvalue weighted by atomic mass is 10.1. The van der Waals surface area contributed by atoms with Gasteiger partial charge in [0.1, 0.15) is 21.4 Å². The van der Waals surface area contributed by atoms with E-state index in [0.717, 1.165) is 16.2 Å². The molecule has 0 unspecified atom stereocenters. The number of aromatic nitrogens is 3. The molecular formula is C16H15FN4O4S2. The first-order valence-corrected chi connectivity index (χ1v) is 9.92. The van der Waals surface area contributed by atoms with Gasteiger partial charge in [0, 0.05) is 25.9 Å². The Balaban J connectivity index is 2.18. The van der Waals surface area contributed by atoms with Crippen molar-refractivity contribution in [1.82, 2.24) is 19.7 Å². The number of hydrogen-bond donors (Lipinski definition) is 1. The van der Waals surface area contributed by atoms with Gasteiger partial charge >= 0.3 is 6.09 Å². The highest BCUT2D eigenvalue weighted by molar-refractivity contribution is 7.93. The van der Waals surface area contributed by atoms with Crippen molar-refractivity contribution < 1.29 is 22.7 Å². The molecule has 1 amide bonds. The first-order chi connectivity index (χ1) is 12.7. The SMILES string of the molecule is CN(Cc1nc(-c2ccccc2F)c(S(=O)(=O)c2cnn(C)c2)s1)C(=O)O. The Hall–Kier alpha value is -2.79. The van der Waals surface area contributed by atoms with Gasteiger partial charge in [0.05, 0.1) is 12.7 Å². The summed E-state index contributed by atoms with van der Waals surface area (Å²) in [6, 6.07) is 5.69. The van der Waals surface area contributed by atoms with Crippen LogP contribution in [0.25, 0.3) is 11.3 Å². The van der Waals surface area contributed by atoms with Gasteiger partial charge < -0.3 is 10.0 Å². The maximum absolute atomic E-state index is 14.3. The zero-order chi connectivity index (χ0) is 19.8. The summed E-state index contributed by atoms with van der Waals surface area (Å²) in [5.74, 6) is -0.622. The fraction of sp³-hybridized carbons (Fsp3) is 0.188. The highest BCUT2D eigenvalue weighted by Crippen LogP contribution is 2.37. The van der Waals surface area contributed by atoms with Crippen LogP contribution in [0.15, 0.2) is 45.8 Å². The summed E-state index contributed by atoms with van der Waals surface area (Å²) in [5.41, 5.74) is -0.0174. The molecule has 0 aliphatic heterocycles. The van der Waals surface area contributed by atoms with Crippen LogP contribution in [0.2, 0.25) is 0 Å². The average molecular weight is 410 g/mol. The first-order valence-electron chi connectivity index (χ1n) is 7.62. The van der Waals surface area contributed by atoms with E-state index in [4.69, 9.17) is 5.11 Å². The topological polar surface area (TPSA) is 105 Å². The van der Waals surface area contributed by atoms with E-state index in [1.165, 1.54) is 42.3 Å². The van der Waals surface area contributed by atoms with Crippen LogP contribution in [0.3, 0.4) is 0 Å². The van der Waals surface area contributed by atoms with Gasteiger partial charge in [-0.1, -0.05) is 12.1 Å². The quantitative estimate of drug-likeness (QED) is 0.693. The van der Waals surface area contributed by atoms with Gasteiger partial charge in [0.25, 0.3) is 0 Å². The van der Waals surface area contributed by atoms with E-state index in [1.807, 2.05) is 0 Å². The summed E-state index contributed by atoms with van der Waals surface area (Å²) < 4.78 is 41.6. The van der Waals surface area contributed by atoms with Gasteiger partial charge in [0.15, 0.2) is 4.21 Å². The second kappa shape index (κ2) is 7.08. The van der Waals surface area contributed by atoms with Crippen molar-refractivity contribution >= 4 is 27.3 Å². The van der Waals surface area contributed by atoms with Gasteiger partial charge in [-0.05, 0) is 12.1 Å². The average Bonchev–Trinajstić information content (AvgIpc) is 3.22. The van der Waals surface area contributed by atoms with Gasteiger partial charge in [-0.15, -0.1) is 11.3 Å². The third-order valence-corrected chi connectivity index (χ3v) is 6.96. The molecule has 3 aromatic rings. The standard InChI is InChI=1S/C16H15FN4O4S2/c1-20(16(22)23)9-13-19-14(11-5-3-4-6-12(11)17)15(26-13)27(24,25)10-7-18-21(2)8-10/h3-8H,9H2,1-2H3,(H,22,23). The van der Waals surface area contributed by atoms with Gasteiger partial charge in [-0.3, -0.25) is 4.68 Å². The normalized spacial score (nSPS) is 11.5. The van der Waals surface area contributed by atoms with Gasteiger partial charge in [-0.2, -0.15) is 5.10 Å². The second-order valence-electron chi connectivity index (χ2n) is 5.72. The Labute approximate surface area is 158 Å². The van der Waals surface area contributed by atoms with Crippen LogP contribution >= 0.6 is 11.3 Å². The molecule has 0 radical (unpaired) electrons. The molecule has 1 N–H and O–H groups in total. The third-order valence-electron chi connectivity index (χ3n) is 3.70. The zero-order valence-corrected chi connectivity index (χ0v) is 16.0. The molecule has 2 heterocycles. The molecule has 0 saturated heterocycles. The Kier molecular flexibility index (Phi) is 4.98. The number of sulfone groups is 1.